The minimum absolute atomic E-state index is 0.218. The second kappa shape index (κ2) is 24.5. The van der Waals surface area contributed by atoms with Crippen LogP contribution in [0.5, 0.6) is 5.75 Å². The molecule has 0 saturated heterocycles. The molecule has 2 aromatic rings. The fraction of sp³-hybridized carbons (Fsp3) is 0.632. The molecule has 2 aromatic carbocycles. The van der Waals surface area contributed by atoms with Crippen molar-refractivity contribution in [1.29, 1.82) is 0 Å². The molecule has 0 aromatic heterocycles. The molecule has 0 aliphatic rings. The Balaban J connectivity index is 0.000000459. The molecule has 0 aliphatic heterocycles. The molecule has 0 aliphatic carbocycles. The van der Waals surface area contributed by atoms with E-state index in [-0.39, 0.29) is 11.8 Å². The summed E-state index contributed by atoms with van der Waals surface area (Å²) in [5.74, 6) is 0.765. The quantitative estimate of drug-likeness (QED) is 0.0488. The van der Waals surface area contributed by atoms with E-state index in [1.54, 1.807) is 0 Å². The zero-order chi connectivity index (χ0) is 32.6. The lowest BCUT2D eigenvalue weighted by Gasteiger charge is -2.26. The van der Waals surface area contributed by atoms with E-state index in [4.69, 9.17) is 5.21 Å². The van der Waals surface area contributed by atoms with Gasteiger partial charge in [0.2, 0.25) is 0 Å². The molecule has 3 unspecified atom stereocenters. The van der Waals surface area contributed by atoms with E-state index in [0.29, 0.717) is 11.5 Å². The summed E-state index contributed by atoms with van der Waals surface area (Å²) in [5.41, 5.74) is 4.41. The number of rotatable bonds is 21. The minimum Gasteiger partial charge on any atom is -0.507 e. The van der Waals surface area contributed by atoms with Crippen molar-refractivity contribution in [1.82, 2.24) is 0 Å². The first-order chi connectivity index (χ1) is 21.4. The predicted octanol–water partition coefficient (Wildman–Crippen LogP) is 10.8. The Labute approximate surface area is 268 Å². The summed E-state index contributed by atoms with van der Waals surface area (Å²) in [4.78, 5) is 0. The highest BCUT2D eigenvalue weighted by atomic mass is 16.4. The maximum atomic E-state index is 10.5. The van der Waals surface area contributed by atoms with Gasteiger partial charge in [-0.15, -0.1) is 0 Å². The molecule has 0 amide bonds. The Hall–Kier alpha value is -2.86. The molecule has 0 fully saturated rings. The first-order valence-corrected chi connectivity index (χ1v) is 17.4. The molecule has 2 rings (SSSR count). The number of hydrogen-bond donors (Lipinski definition) is 4. The van der Waals surface area contributed by atoms with Crippen molar-refractivity contribution >= 4 is 11.9 Å². The third-order valence-corrected chi connectivity index (χ3v) is 8.69. The highest BCUT2D eigenvalue weighted by molar-refractivity contribution is 5.90. The fourth-order valence-electron chi connectivity index (χ4n) is 5.77. The average molecular weight is 611 g/mol. The number of aliphatic hydroxyl groups is 1. The van der Waals surface area contributed by atoms with E-state index in [9.17, 15) is 15.4 Å². The fourth-order valence-corrected chi connectivity index (χ4v) is 5.77. The maximum absolute atomic E-state index is 10.5. The summed E-state index contributed by atoms with van der Waals surface area (Å²) < 4.78 is 0. The molecule has 0 saturated carbocycles. The summed E-state index contributed by atoms with van der Waals surface area (Å²) in [6.07, 6.45) is 19.3. The minimum atomic E-state index is -0.580. The molecule has 0 radical (unpaired) electrons. The third-order valence-electron chi connectivity index (χ3n) is 8.69. The van der Waals surface area contributed by atoms with Gasteiger partial charge in [0.05, 0.1) is 18.0 Å². The van der Waals surface area contributed by atoms with E-state index in [1.165, 1.54) is 56.7 Å². The van der Waals surface area contributed by atoms with Crippen LogP contribution in [0.15, 0.2) is 52.8 Å². The number of phenolic OH excluding ortho intramolecular Hbond substituents is 1. The predicted molar refractivity (Wildman–Crippen MR) is 186 cm³/mol. The van der Waals surface area contributed by atoms with E-state index in [0.717, 1.165) is 74.5 Å². The number of aliphatic hydroxyl groups excluding tert-OH is 1. The van der Waals surface area contributed by atoms with Gasteiger partial charge in [0.25, 0.3) is 0 Å². The van der Waals surface area contributed by atoms with Gasteiger partial charge >= 0.3 is 0 Å². The average Bonchev–Trinajstić information content (AvgIpc) is 3.04. The van der Waals surface area contributed by atoms with Gasteiger partial charge in [-0.25, -0.2) is 0 Å². The van der Waals surface area contributed by atoms with Gasteiger partial charge in [-0.05, 0) is 60.8 Å². The summed E-state index contributed by atoms with van der Waals surface area (Å²) in [6, 6.07) is 13.5. The molecular weight excluding hydrogens is 548 g/mol. The highest BCUT2D eigenvalue weighted by Crippen LogP contribution is 2.31. The molecule has 6 heteroatoms. The van der Waals surface area contributed by atoms with Crippen LogP contribution in [0, 0.1) is 11.8 Å². The first kappa shape index (κ1) is 39.2. The van der Waals surface area contributed by atoms with E-state index < -0.39 is 6.10 Å². The van der Waals surface area contributed by atoms with E-state index in [2.05, 4.69) is 51.0 Å². The number of oxime groups is 2. The van der Waals surface area contributed by atoms with Crippen molar-refractivity contribution in [3.05, 3.63) is 53.6 Å². The van der Waals surface area contributed by atoms with Crippen LogP contribution in [-0.4, -0.2) is 38.7 Å². The summed E-state index contributed by atoms with van der Waals surface area (Å²) >= 11 is 0. The number of aryl methyl sites for hydroxylation is 1. The molecule has 0 spiro atoms. The van der Waals surface area contributed by atoms with Crippen LogP contribution in [0.1, 0.15) is 142 Å². The SMILES string of the molecule is CCCCC(CC)C(=NO)C(O)C(CC)CCCC.CCCCCCCCCc1ccc(-c2ccc(/C=N/O)cc2)c(O)c1. The summed E-state index contributed by atoms with van der Waals surface area (Å²) in [7, 11) is 0. The zero-order valence-electron chi connectivity index (χ0n) is 28.3. The first-order valence-electron chi connectivity index (χ1n) is 17.4. The second-order valence-corrected chi connectivity index (χ2v) is 12.1. The van der Waals surface area contributed by atoms with E-state index in [1.807, 2.05) is 36.4 Å². The van der Waals surface area contributed by atoms with Gasteiger partial charge in [-0.3, -0.25) is 0 Å². The van der Waals surface area contributed by atoms with Gasteiger partial charge in [-0.1, -0.05) is 152 Å². The van der Waals surface area contributed by atoms with Crippen molar-refractivity contribution in [2.75, 3.05) is 0 Å². The third kappa shape index (κ3) is 14.7. The normalized spacial score (nSPS) is 13.8. The van der Waals surface area contributed by atoms with Crippen LogP contribution in [0.2, 0.25) is 0 Å². The van der Waals surface area contributed by atoms with E-state index >= 15 is 0 Å². The van der Waals surface area contributed by atoms with Crippen LogP contribution in [0.25, 0.3) is 11.1 Å². The molecule has 248 valence electrons. The molecular formula is C38H62N2O4. The second-order valence-electron chi connectivity index (χ2n) is 12.1. The van der Waals surface area contributed by atoms with Gasteiger partial charge < -0.3 is 20.6 Å². The smallest absolute Gasteiger partial charge is 0.123 e. The van der Waals surface area contributed by atoms with Crippen molar-refractivity contribution in [2.45, 2.75) is 143 Å². The van der Waals surface area contributed by atoms with Crippen molar-refractivity contribution in [3.63, 3.8) is 0 Å². The Bertz CT molecular complexity index is 1050. The largest absolute Gasteiger partial charge is 0.507 e. The Morgan fingerprint density at radius 3 is 1.89 bits per heavy atom. The zero-order valence-corrected chi connectivity index (χ0v) is 28.3. The molecule has 3 atom stereocenters. The number of hydrogen-bond acceptors (Lipinski definition) is 6. The lowest BCUT2D eigenvalue weighted by atomic mass is 9.83. The van der Waals surface area contributed by atoms with Gasteiger partial charge in [-0.2, -0.15) is 0 Å². The van der Waals surface area contributed by atoms with Gasteiger partial charge in [0, 0.05) is 11.5 Å². The topological polar surface area (TPSA) is 106 Å². The van der Waals surface area contributed by atoms with Gasteiger partial charge in [0.1, 0.15) is 5.75 Å². The highest BCUT2D eigenvalue weighted by Gasteiger charge is 2.28. The number of unbranched alkanes of at least 4 members (excludes halogenated alkanes) is 8. The van der Waals surface area contributed by atoms with Crippen LogP contribution >= 0.6 is 0 Å². The Morgan fingerprint density at radius 2 is 1.34 bits per heavy atom. The monoisotopic (exact) mass is 610 g/mol. The van der Waals surface area contributed by atoms with Crippen LogP contribution in [-0.2, 0) is 6.42 Å². The Kier molecular flexibility index (Phi) is 21.8. The molecule has 6 nitrogen and oxygen atoms in total. The molecule has 4 N–H and O–H groups in total. The van der Waals surface area contributed by atoms with Crippen LogP contribution < -0.4 is 0 Å². The maximum Gasteiger partial charge on any atom is 0.123 e. The lowest BCUT2D eigenvalue weighted by Crippen LogP contribution is -2.34. The molecule has 0 bridgehead atoms. The van der Waals surface area contributed by atoms with Crippen molar-refractivity contribution in [3.8, 4) is 16.9 Å². The van der Waals surface area contributed by atoms with Crippen LogP contribution in [0.3, 0.4) is 0 Å². The summed E-state index contributed by atoms with van der Waals surface area (Å²) in [6.45, 7) is 10.8. The Morgan fingerprint density at radius 1 is 0.727 bits per heavy atom. The van der Waals surface area contributed by atoms with Crippen molar-refractivity contribution < 1.29 is 20.6 Å². The van der Waals surface area contributed by atoms with Crippen molar-refractivity contribution in [2.24, 2.45) is 22.1 Å². The standard InChI is InChI=1S/C22H29NO2.C16H33NO2/c1-2-3-4-5-6-7-8-9-18-12-15-21(22(24)16-18)20-13-10-19(11-14-20)17-23-25;1-5-9-11-13(7-3)15(17-19)16(18)14(8-4)12-10-6-2/h10-17,24-25H,2-9H2,1H3;13-14,16,18-19H,5-12H2,1-4H3/b23-17+;. The number of phenols is 1. The molecule has 0 heterocycles. The number of aromatic hydroxyl groups is 1. The van der Waals surface area contributed by atoms with Crippen LogP contribution in [0.4, 0.5) is 0 Å². The van der Waals surface area contributed by atoms with Gasteiger partial charge in [0.15, 0.2) is 0 Å². The number of benzene rings is 2. The summed E-state index contributed by atoms with van der Waals surface area (Å²) in [5, 5.41) is 45.2. The lowest BCUT2D eigenvalue weighted by molar-refractivity contribution is 0.146. The molecule has 44 heavy (non-hydrogen) atoms. The number of nitrogens with zero attached hydrogens (tertiary/aromatic N) is 2.